The molecule has 0 bridgehead atoms. The second-order valence-electron chi connectivity index (χ2n) is 3.94. The second-order valence-corrected chi connectivity index (χ2v) is 5.06. The van der Waals surface area contributed by atoms with E-state index in [2.05, 4.69) is 11.9 Å². The first kappa shape index (κ1) is 10.1. The van der Waals surface area contributed by atoms with Crippen molar-refractivity contribution in [1.82, 2.24) is 4.98 Å². The van der Waals surface area contributed by atoms with E-state index in [0.717, 1.165) is 11.4 Å². The van der Waals surface area contributed by atoms with Crippen molar-refractivity contribution in [2.45, 2.75) is 38.1 Å². The van der Waals surface area contributed by atoms with Crippen molar-refractivity contribution in [1.29, 1.82) is 0 Å². The van der Waals surface area contributed by atoms with Gasteiger partial charge in [0.25, 0.3) is 0 Å². The molecule has 0 radical (unpaired) electrons. The molecule has 2 rings (SSSR count). The van der Waals surface area contributed by atoms with Gasteiger partial charge >= 0.3 is 0 Å². The Bertz CT molecular complexity index is 324. The van der Waals surface area contributed by atoms with E-state index in [-0.39, 0.29) is 12.6 Å². The van der Waals surface area contributed by atoms with Gasteiger partial charge in [-0.3, -0.25) is 0 Å². The Hall–Kier alpha value is -0.450. The van der Waals surface area contributed by atoms with E-state index in [4.69, 9.17) is 10.8 Å². The first-order chi connectivity index (χ1) is 6.72. The van der Waals surface area contributed by atoms with Crippen molar-refractivity contribution in [2.24, 2.45) is 5.73 Å². The highest BCUT2D eigenvalue weighted by atomic mass is 32.1. The van der Waals surface area contributed by atoms with Gasteiger partial charge in [-0.1, -0.05) is 6.92 Å². The summed E-state index contributed by atoms with van der Waals surface area (Å²) < 4.78 is 0. The predicted octanol–water partition coefficient (Wildman–Crippen LogP) is 1.57. The molecule has 4 heteroatoms. The minimum absolute atomic E-state index is 0.0131. The summed E-state index contributed by atoms with van der Waals surface area (Å²) in [7, 11) is 0. The minimum atomic E-state index is -0.294. The van der Waals surface area contributed by atoms with Crippen LogP contribution in [-0.2, 0) is 6.42 Å². The van der Waals surface area contributed by atoms with Gasteiger partial charge in [-0.25, -0.2) is 4.98 Å². The number of hydrogen-bond acceptors (Lipinski definition) is 4. The standard InChI is InChI=1S/C10H16N2OS/c1-6-3-2-4-8-9(6)12-10(14-8)7(11)5-13/h6-7,13H,2-5,11H2,1H3/t6?,7-/m1/s1. The second kappa shape index (κ2) is 3.96. The van der Waals surface area contributed by atoms with E-state index in [0.29, 0.717) is 5.92 Å². The normalized spacial score (nSPS) is 23.2. The highest BCUT2D eigenvalue weighted by molar-refractivity contribution is 7.11. The molecule has 1 aromatic heterocycles. The SMILES string of the molecule is CC1CCCc2sc([C@H](N)CO)nc21. The monoisotopic (exact) mass is 212 g/mol. The molecule has 0 saturated heterocycles. The first-order valence-corrected chi connectivity index (χ1v) is 5.90. The Balaban J connectivity index is 2.30. The molecule has 2 atom stereocenters. The van der Waals surface area contributed by atoms with Crippen LogP contribution in [-0.4, -0.2) is 16.7 Å². The molecule has 1 heterocycles. The third kappa shape index (κ3) is 1.69. The number of thiazole rings is 1. The first-order valence-electron chi connectivity index (χ1n) is 5.08. The van der Waals surface area contributed by atoms with Crippen molar-refractivity contribution in [2.75, 3.05) is 6.61 Å². The van der Waals surface area contributed by atoms with Crippen LogP contribution in [0.3, 0.4) is 0 Å². The third-order valence-electron chi connectivity index (χ3n) is 2.77. The molecule has 3 nitrogen and oxygen atoms in total. The highest BCUT2D eigenvalue weighted by Gasteiger charge is 2.22. The van der Waals surface area contributed by atoms with Gasteiger partial charge in [0.05, 0.1) is 18.3 Å². The van der Waals surface area contributed by atoms with Crippen LogP contribution in [0.25, 0.3) is 0 Å². The van der Waals surface area contributed by atoms with Crippen LogP contribution in [0.2, 0.25) is 0 Å². The smallest absolute Gasteiger partial charge is 0.112 e. The van der Waals surface area contributed by atoms with Crippen LogP contribution in [0.4, 0.5) is 0 Å². The molecule has 0 amide bonds. The predicted molar refractivity (Wildman–Crippen MR) is 57.5 cm³/mol. The van der Waals surface area contributed by atoms with Gasteiger partial charge in [-0.2, -0.15) is 0 Å². The number of aliphatic hydroxyl groups is 1. The van der Waals surface area contributed by atoms with Crippen LogP contribution >= 0.6 is 11.3 Å². The van der Waals surface area contributed by atoms with Gasteiger partial charge in [-0.05, 0) is 25.2 Å². The van der Waals surface area contributed by atoms with E-state index < -0.39 is 0 Å². The lowest BCUT2D eigenvalue weighted by atomic mass is 9.93. The number of aliphatic hydroxyl groups excluding tert-OH is 1. The Labute approximate surface area is 88.0 Å². The van der Waals surface area contributed by atoms with Crippen LogP contribution in [0.15, 0.2) is 0 Å². The quantitative estimate of drug-likeness (QED) is 0.782. The number of nitrogens with zero attached hydrogens (tertiary/aromatic N) is 1. The van der Waals surface area contributed by atoms with Crippen molar-refractivity contribution in [3.8, 4) is 0 Å². The summed E-state index contributed by atoms with van der Waals surface area (Å²) in [6, 6.07) is -0.294. The summed E-state index contributed by atoms with van der Waals surface area (Å²) in [6.07, 6.45) is 3.62. The van der Waals surface area contributed by atoms with Crippen molar-refractivity contribution < 1.29 is 5.11 Å². The largest absolute Gasteiger partial charge is 0.394 e. The maximum Gasteiger partial charge on any atom is 0.112 e. The van der Waals surface area contributed by atoms with Crippen molar-refractivity contribution in [3.05, 3.63) is 15.6 Å². The zero-order chi connectivity index (χ0) is 10.1. The number of nitrogens with two attached hydrogens (primary N) is 1. The Morgan fingerprint density at radius 2 is 2.50 bits per heavy atom. The lowest BCUT2D eigenvalue weighted by molar-refractivity contribution is 0.267. The van der Waals surface area contributed by atoms with Crippen molar-refractivity contribution in [3.63, 3.8) is 0 Å². The third-order valence-corrected chi connectivity index (χ3v) is 4.03. The van der Waals surface area contributed by atoms with Gasteiger partial charge in [0.1, 0.15) is 5.01 Å². The fourth-order valence-electron chi connectivity index (χ4n) is 1.89. The molecule has 1 aliphatic rings. The molecule has 1 aliphatic carbocycles. The van der Waals surface area contributed by atoms with E-state index in [1.807, 2.05) is 0 Å². The summed E-state index contributed by atoms with van der Waals surface area (Å²) in [5, 5.41) is 9.85. The molecule has 0 aliphatic heterocycles. The van der Waals surface area contributed by atoms with Gasteiger partial charge in [0.15, 0.2) is 0 Å². The molecule has 3 N–H and O–H groups in total. The molecule has 1 unspecified atom stereocenters. The molecular weight excluding hydrogens is 196 g/mol. The van der Waals surface area contributed by atoms with Gasteiger partial charge in [0, 0.05) is 4.88 Å². The lowest BCUT2D eigenvalue weighted by Gasteiger charge is -2.15. The summed E-state index contributed by atoms with van der Waals surface area (Å²) in [5.41, 5.74) is 6.97. The van der Waals surface area contributed by atoms with Gasteiger partial charge < -0.3 is 10.8 Å². The average molecular weight is 212 g/mol. The fraction of sp³-hybridized carbons (Fsp3) is 0.700. The Kier molecular flexibility index (Phi) is 2.85. The maximum absolute atomic E-state index is 8.96. The van der Waals surface area contributed by atoms with Crippen LogP contribution in [0.5, 0.6) is 0 Å². The summed E-state index contributed by atoms with van der Waals surface area (Å²) >= 11 is 1.68. The Morgan fingerprint density at radius 3 is 3.14 bits per heavy atom. The van der Waals surface area contributed by atoms with Gasteiger partial charge in [-0.15, -0.1) is 11.3 Å². The summed E-state index contributed by atoms with van der Waals surface area (Å²) in [6.45, 7) is 2.20. The number of aryl methyl sites for hydroxylation is 1. The average Bonchev–Trinajstić information content (AvgIpc) is 2.62. The molecule has 0 saturated carbocycles. The zero-order valence-corrected chi connectivity index (χ0v) is 9.18. The molecule has 0 fully saturated rings. The molecular formula is C10H16N2OS. The van der Waals surface area contributed by atoms with Crippen LogP contribution in [0, 0.1) is 0 Å². The number of rotatable bonds is 2. The van der Waals surface area contributed by atoms with E-state index in [9.17, 15) is 0 Å². The van der Waals surface area contributed by atoms with Gasteiger partial charge in [0.2, 0.25) is 0 Å². The van der Waals surface area contributed by atoms with Crippen LogP contribution in [0.1, 0.15) is 47.3 Å². The topological polar surface area (TPSA) is 59.1 Å². The van der Waals surface area contributed by atoms with E-state index in [1.165, 1.54) is 23.4 Å². The highest BCUT2D eigenvalue weighted by Crippen LogP contribution is 2.35. The number of aromatic nitrogens is 1. The fourth-order valence-corrected chi connectivity index (χ4v) is 3.11. The lowest BCUT2D eigenvalue weighted by Crippen LogP contribution is -2.14. The summed E-state index contributed by atoms with van der Waals surface area (Å²) in [5.74, 6) is 0.564. The van der Waals surface area contributed by atoms with E-state index >= 15 is 0 Å². The molecule has 0 aromatic carbocycles. The summed E-state index contributed by atoms with van der Waals surface area (Å²) in [4.78, 5) is 5.91. The van der Waals surface area contributed by atoms with Crippen LogP contribution < -0.4 is 5.73 Å². The minimum Gasteiger partial charge on any atom is -0.394 e. The number of hydrogen-bond donors (Lipinski definition) is 2. The Morgan fingerprint density at radius 1 is 1.71 bits per heavy atom. The molecule has 78 valence electrons. The number of fused-ring (bicyclic) bond motifs is 1. The van der Waals surface area contributed by atoms with E-state index in [1.54, 1.807) is 11.3 Å². The zero-order valence-electron chi connectivity index (χ0n) is 8.36. The maximum atomic E-state index is 8.96. The molecule has 14 heavy (non-hydrogen) atoms. The molecule has 1 aromatic rings. The molecule has 0 spiro atoms. The van der Waals surface area contributed by atoms with Crippen molar-refractivity contribution >= 4 is 11.3 Å².